The van der Waals surface area contributed by atoms with Gasteiger partial charge in [0.15, 0.2) is 23.0 Å². The molecule has 0 spiro atoms. The lowest BCUT2D eigenvalue weighted by Crippen LogP contribution is -3.00. The Hall–Kier alpha value is -2.51. The molecule has 32 heavy (non-hydrogen) atoms. The van der Waals surface area contributed by atoms with E-state index in [-0.39, 0.29) is 18.4 Å². The molecular weight excluding hydrogens is 434 g/mol. The summed E-state index contributed by atoms with van der Waals surface area (Å²) in [5.41, 5.74) is 3.48. The molecule has 2 aromatic rings. The maximum atomic E-state index is 5.88. The third-order valence-corrected chi connectivity index (χ3v) is 6.24. The van der Waals surface area contributed by atoms with Crippen LogP contribution >= 0.6 is 0 Å². The van der Waals surface area contributed by atoms with Crippen molar-refractivity contribution >= 4 is 0 Å². The molecule has 0 bridgehead atoms. The lowest BCUT2D eigenvalue weighted by atomic mass is 9.86. The van der Waals surface area contributed by atoms with Gasteiger partial charge in [0.05, 0.1) is 68.9 Å². The van der Waals surface area contributed by atoms with Crippen LogP contribution in [0.5, 0.6) is 34.5 Å². The second-order valence-corrected chi connectivity index (χ2v) is 8.22. The Kier molecular flexibility index (Phi) is 8.37. The number of halogens is 1. The quantitative estimate of drug-likeness (QED) is 0.532. The Labute approximate surface area is 197 Å². The minimum Gasteiger partial charge on any atom is -1.00 e. The van der Waals surface area contributed by atoms with Crippen LogP contribution in [-0.4, -0.2) is 67.8 Å². The number of nitrogens with zero attached hydrogens (tertiary/aromatic N) is 1. The van der Waals surface area contributed by atoms with Crippen molar-refractivity contribution in [1.29, 1.82) is 0 Å². The number of rotatable bonds is 8. The second-order valence-electron chi connectivity index (χ2n) is 8.22. The SMILES string of the molecule is COc1cc(CC2c3c(cc(OC)c(OC)c3OC)CC[N+]2(C)C)cc(OC)c1OC.[Cl-]. The summed E-state index contributed by atoms with van der Waals surface area (Å²) in [7, 11) is 14.4. The molecule has 0 radical (unpaired) electrons. The van der Waals surface area contributed by atoms with E-state index in [0.717, 1.165) is 40.7 Å². The molecule has 0 N–H and O–H groups in total. The minimum atomic E-state index is 0. The molecule has 0 amide bonds. The van der Waals surface area contributed by atoms with Crippen LogP contribution in [0.25, 0.3) is 0 Å². The number of likely N-dealkylation sites (N-methyl/N-ethyl adjacent to an activating group) is 1. The standard InChI is InChI=1S/C24H34NO6.ClH/c1-25(2)10-9-16-14-20(28-5)23(30-7)24(31-8)21(16)17(25)11-15-12-18(26-3)22(29-6)19(13-15)27-4;/h12-14,17H,9-11H2,1-8H3;1H/q+1;/p-1. The Bertz CT molecular complexity index is 922. The van der Waals surface area contributed by atoms with Crippen molar-refractivity contribution < 1.29 is 45.3 Å². The summed E-state index contributed by atoms with van der Waals surface area (Å²) >= 11 is 0. The Morgan fingerprint density at radius 1 is 0.719 bits per heavy atom. The summed E-state index contributed by atoms with van der Waals surface area (Å²) < 4.78 is 34.6. The van der Waals surface area contributed by atoms with Crippen LogP contribution in [0.1, 0.15) is 22.7 Å². The van der Waals surface area contributed by atoms with Gasteiger partial charge in [0.25, 0.3) is 0 Å². The third-order valence-electron chi connectivity index (χ3n) is 6.24. The van der Waals surface area contributed by atoms with E-state index in [9.17, 15) is 0 Å². The molecule has 0 fully saturated rings. The summed E-state index contributed by atoms with van der Waals surface area (Å²) in [6.45, 7) is 1.00. The van der Waals surface area contributed by atoms with Crippen molar-refractivity contribution in [3.05, 3.63) is 34.9 Å². The zero-order chi connectivity index (χ0) is 22.8. The second kappa shape index (κ2) is 10.4. The molecular formula is C24H34ClNO6. The van der Waals surface area contributed by atoms with E-state index in [1.165, 1.54) is 5.56 Å². The minimum absolute atomic E-state index is 0. The first-order valence-corrected chi connectivity index (χ1v) is 10.3. The molecule has 1 aliphatic rings. The van der Waals surface area contributed by atoms with Crippen molar-refractivity contribution in [3.63, 3.8) is 0 Å². The lowest BCUT2D eigenvalue weighted by Gasteiger charge is -2.43. The van der Waals surface area contributed by atoms with Gasteiger partial charge >= 0.3 is 0 Å². The smallest absolute Gasteiger partial charge is 0.203 e. The van der Waals surface area contributed by atoms with Crippen molar-refractivity contribution in [2.75, 3.05) is 63.3 Å². The molecule has 7 nitrogen and oxygen atoms in total. The molecule has 8 heteroatoms. The molecule has 0 aliphatic carbocycles. The fourth-order valence-electron chi connectivity index (χ4n) is 4.54. The van der Waals surface area contributed by atoms with Gasteiger partial charge < -0.3 is 45.3 Å². The first-order chi connectivity index (χ1) is 14.8. The monoisotopic (exact) mass is 467 g/mol. The molecule has 1 aliphatic heterocycles. The van der Waals surface area contributed by atoms with Gasteiger partial charge in [0.1, 0.15) is 6.04 Å². The normalized spacial score (nSPS) is 16.3. The fraction of sp³-hybridized carbons (Fsp3) is 0.500. The Morgan fingerprint density at radius 3 is 1.69 bits per heavy atom. The third kappa shape index (κ3) is 4.50. The zero-order valence-electron chi connectivity index (χ0n) is 20.2. The van der Waals surface area contributed by atoms with Crippen molar-refractivity contribution in [3.8, 4) is 34.5 Å². The van der Waals surface area contributed by atoms with Gasteiger partial charge in [0.2, 0.25) is 11.5 Å². The lowest BCUT2D eigenvalue weighted by molar-refractivity contribution is -0.923. The van der Waals surface area contributed by atoms with E-state index in [1.54, 1.807) is 42.7 Å². The predicted molar refractivity (Wildman–Crippen MR) is 119 cm³/mol. The van der Waals surface area contributed by atoms with E-state index in [4.69, 9.17) is 28.4 Å². The van der Waals surface area contributed by atoms with E-state index in [1.807, 2.05) is 12.1 Å². The van der Waals surface area contributed by atoms with E-state index in [2.05, 4.69) is 20.2 Å². The summed E-state index contributed by atoms with van der Waals surface area (Å²) in [5, 5.41) is 0. The number of methoxy groups -OCH3 is 6. The number of quaternary nitrogens is 1. The van der Waals surface area contributed by atoms with Gasteiger partial charge in [-0.15, -0.1) is 0 Å². The maximum Gasteiger partial charge on any atom is 0.203 e. The first kappa shape index (κ1) is 25.7. The van der Waals surface area contributed by atoms with Crippen LogP contribution in [0.2, 0.25) is 0 Å². The van der Waals surface area contributed by atoms with Gasteiger partial charge in [-0.2, -0.15) is 0 Å². The highest BCUT2D eigenvalue weighted by Gasteiger charge is 2.40. The molecule has 3 rings (SSSR count). The topological polar surface area (TPSA) is 55.4 Å². The average molecular weight is 468 g/mol. The van der Waals surface area contributed by atoms with Crippen LogP contribution in [0.15, 0.2) is 18.2 Å². The average Bonchev–Trinajstić information content (AvgIpc) is 2.78. The van der Waals surface area contributed by atoms with E-state index in [0.29, 0.717) is 28.7 Å². The number of hydrogen-bond acceptors (Lipinski definition) is 6. The summed E-state index contributed by atoms with van der Waals surface area (Å²) in [4.78, 5) is 0. The van der Waals surface area contributed by atoms with Crippen LogP contribution in [0.4, 0.5) is 0 Å². The van der Waals surface area contributed by atoms with Crippen LogP contribution in [-0.2, 0) is 12.8 Å². The molecule has 0 saturated heterocycles. The number of hydrogen-bond donors (Lipinski definition) is 0. The number of fused-ring (bicyclic) bond motifs is 1. The molecule has 0 aromatic heterocycles. The van der Waals surface area contributed by atoms with Gasteiger partial charge in [-0.1, -0.05) is 0 Å². The summed E-state index contributed by atoms with van der Waals surface area (Å²) in [6.07, 6.45) is 1.70. The molecule has 1 unspecified atom stereocenters. The van der Waals surface area contributed by atoms with Crippen LogP contribution in [0, 0.1) is 0 Å². The maximum absolute atomic E-state index is 5.88. The first-order valence-electron chi connectivity index (χ1n) is 10.3. The van der Waals surface area contributed by atoms with Gasteiger partial charge in [-0.05, 0) is 29.3 Å². The summed E-state index contributed by atoms with van der Waals surface area (Å²) in [6, 6.07) is 6.25. The van der Waals surface area contributed by atoms with Gasteiger partial charge in [-0.3, -0.25) is 0 Å². The van der Waals surface area contributed by atoms with Crippen LogP contribution in [0.3, 0.4) is 0 Å². The molecule has 1 atom stereocenters. The highest BCUT2D eigenvalue weighted by Crippen LogP contribution is 2.50. The molecule has 0 saturated carbocycles. The fourth-order valence-corrected chi connectivity index (χ4v) is 4.54. The highest BCUT2D eigenvalue weighted by molar-refractivity contribution is 5.61. The number of benzene rings is 2. The van der Waals surface area contributed by atoms with Crippen molar-refractivity contribution in [1.82, 2.24) is 0 Å². The summed E-state index contributed by atoms with van der Waals surface area (Å²) in [5.74, 6) is 3.95. The van der Waals surface area contributed by atoms with E-state index < -0.39 is 0 Å². The Morgan fingerprint density at radius 2 is 1.22 bits per heavy atom. The highest BCUT2D eigenvalue weighted by atomic mass is 35.5. The molecule has 1 heterocycles. The molecule has 178 valence electrons. The Balaban J connectivity index is 0.00000363. The van der Waals surface area contributed by atoms with Gasteiger partial charge in [-0.25, -0.2) is 0 Å². The molecule has 2 aromatic carbocycles. The van der Waals surface area contributed by atoms with Gasteiger partial charge in [0, 0.05) is 12.8 Å². The largest absolute Gasteiger partial charge is 1.00 e. The van der Waals surface area contributed by atoms with Crippen LogP contribution < -0.4 is 40.8 Å². The zero-order valence-corrected chi connectivity index (χ0v) is 21.0. The number of ether oxygens (including phenoxy) is 6. The predicted octanol–water partition coefficient (Wildman–Crippen LogP) is 0.659. The van der Waals surface area contributed by atoms with E-state index >= 15 is 0 Å². The van der Waals surface area contributed by atoms with Crippen molar-refractivity contribution in [2.45, 2.75) is 18.9 Å². The van der Waals surface area contributed by atoms with Crippen molar-refractivity contribution in [2.24, 2.45) is 0 Å².